The Balaban J connectivity index is 1.87. The molecule has 0 N–H and O–H groups in total. The van der Waals surface area contributed by atoms with Gasteiger partial charge in [-0.15, -0.1) is 0 Å². The molecule has 0 bridgehead atoms. The fourth-order valence-electron chi connectivity index (χ4n) is 2.44. The van der Waals surface area contributed by atoms with Crippen molar-refractivity contribution in [1.29, 1.82) is 0 Å². The molecule has 4 nitrogen and oxygen atoms in total. The van der Waals surface area contributed by atoms with E-state index < -0.39 is 26.4 Å². The number of hydrogen-bond donors (Lipinski definition) is 0. The topological polar surface area (TPSA) is 56.3 Å². The summed E-state index contributed by atoms with van der Waals surface area (Å²) in [6, 6.07) is 12.2. The smallest absolute Gasteiger partial charge is 0.211 e. The zero-order valence-electron chi connectivity index (χ0n) is 14.3. The molecule has 27 heavy (non-hydrogen) atoms. The minimum absolute atomic E-state index is 0.107. The van der Waals surface area contributed by atoms with E-state index in [1.807, 2.05) is 0 Å². The predicted octanol–water partition coefficient (Wildman–Crippen LogP) is 4.37. The first-order valence-corrected chi connectivity index (χ1v) is 9.37. The number of methoxy groups -OCH3 is 1. The van der Waals surface area contributed by atoms with Crippen molar-refractivity contribution >= 4 is 22.0 Å². The van der Waals surface area contributed by atoms with Crippen LogP contribution in [0.15, 0.2) is 70.6 Å². The van der Waals surface area contributed by atoms with Crippen LogP contribution in [0.2, 0.25) is 0 Å². The molecule has 0 unspecified atom stereocenters. The summed E-state index contributed by atoms with van der Waals surface area (Å²) in [6.07, 6.45) is 4.48. The van der Waals surface area contributed by atoms with Gasteiger partial charge in [-0.2, -0.15) is 0 Å². The number of aromatic nitrogens is 1. The second-order valence-electron chi connectivity index (χ2n) is 5.57. The van der Waals surface area contributed by atoms with Crippen molar-refractivity contribution in [2.24, 2.45) is 0 Å². The van der Waals surface area contributed by atoms with Crippen molar-refractivity contribution in [1.82, 2.24) is 4.98 Å². The van der Waals surface area contributed by atoms with Crippen molar-refractivity contribution in [3.8, 4) is 5.75 Å². The summed E-state index contributed by atoms with van der Waals surface area (Å²) in [5.41, 5.74) is 1.12. The molecule has 1 aromatic heterocycles. The van der Waals surface area contributed by atoms with Crippen LogP contribution >= 0.6 is 0 Å². The molecule has 0 aliphatic heterocycles. The molecular weight excluding hydrogens is 372 g/mol. The van der Waals surface area contributed by atoms with Gasteiger partial charge in [0.25, 0.3) is 0 Å². The number of pyridine rings is 1. The lowest BCUT2D eigenvalue weighted by atomic mass is 10.1. The first kappa shape index (κ1) is 18.7. The minimum atomic E-state index is -3.99. The second kappa shape index (κ2) is 7.67. The van der Waals surface area contributed by atoms with E-state index in [1.54, 1.807) is 18.2 Å². The van der Waals surface area contributed by atoms with Crippen LogP contribution in [-0.2, 0) is 9.84 Å². The zero-order chi connectivity index (χ0) is 19.4. The third-order valence-electron chi connectivity index (χ3n) is 3.82. The standard InChI is InChI=1S/C20H15F2NO3S/c1-26-19-12-15(21)8-6-14(19)7-9-16-10-11-17(13-23-16)27(24,25)20-5-3-2-4-18(20)22/h2-13H,1H3/b9-7+. The lowest BCUT2D eigenvalue weighted by molar-refractivity contribution is 0.410. The van der Waals surface area contributed by atoms with Crippen molar-refractivity contribution in [3.63, 3.8) is 0 Å². The average Bonchev–Trinajstić information content (AvgIpc) is 2.67. The van der Waals surface area contributed by atoms with Crippen molar-refractivity contribution in [3.05, 3.63) is 83.7 Å². The Hall–Kier alpha value is -3.06. The summed E-state index contributed by atoms with van der Waals surface area (Å²) in [6.45, 7) is 0. The summed E-state index contributed by atoms with van der Waals surface area (Å²) >= 11 is 0. The number of ether oxygens (including phenoxy) is 1. The molecule has 0 radical (unpaired) electrons. The van der Waals surface area contributed by atoms with Crippen LogP contribution in [0, 0.1) is 11.6 Å². The fraction of sp³-hybridized carbons (Fsp3) is 0.0500. The minimum Gasteiger partial charge on any atom is -0.496 e. The van der Waals surface area contributed by atoms with Gasteiger partial charge in [0.15, 0.2) is 0 Å². The molecule has 3 aromatic rings. The van der Waals surface area contributed by atoms with Gasteiger partial charge < -0.3 is 4.74 Å². The van der Waals surface area contributed by atoms with E-state index in [2.05, 4.69) is 4.98 Å². The van der Waals surface area contributed by atoms with E-state index in [4.69, 9.17) is 4.74 Å². The molecule has 0 amide bonds. The van der Waals surface area contributed by atoms with Crippen molar-refractivity contribution in [2.45, 2.75) is 9.79 Å². The number of rotatable bonds is 5. The van der Waals surface area contributed by atoms with Crippen LogP contribution in [0.4, 0.5) is 8.78 Å². The Bertz CT molecular complexity index is 1090. The average molecular weight is 387 g/mol. The number of nitrogens with zero attached hydrogens (tertiary/aromatic N) is 1. The maximum Gasteiger partial charge on any atom is 0.211 e. The monoisotopic (exact) mass is 387 g/mol. The molecule has 0 aliphatic rings. The van der Waals surface area contributed by atoms with Crippen LogP contribution in [-0.4, -0.2) is 20.5 Å². The molecule has 0 atom stereocenters. The van der Waals surface area contributed by atoms with Gasteiger partial charge in [0.2, 0.25) is 9.84 Å². The summed E-state index contributed by atoms with van der Waals surface area (Å²) < 4.78 is 57.2. The summed E-state index contributed by atoms with van der Waals surface area (Å²) in [5, 5.41) is 0. The molecule has 3 rings (SSSR count). The third-order valence-corrected chi connectivity index (χ3v) is 5.60. The molecule has 0 fully saturated rings. The van der Waals surface area contributed by atoms with Crippen LogP contribution in [0.1, 0.15) is 11.3 Å². The maximum absolute atomic E-state index is 13.8. The first-order chi connectivity index (χ1) is 12.9. The second-order valence-corrected chi connectivity index (χ2v) is 7.49. The highest BCUT2D eigenvalue weighted by Crippen LogP contribution is 2.24. The summed E-state index contributed by atoms with van der Waals surface area (Å²) in [5.74, 6) is -0.861. The molecule has 0 saturated heterocycles. The van der Waals surface area contributed by atoms with E-state index in [1.165, 1.54) is 55.8 Å². The van der Waals surface area contributed by atoms with Gasteiger partial charge in [0, 0.05) is 17.8 Å². The number of halogens is 2. The first-order valence-electron chi connectivity index (χ1n) is 7.89. The van der Waals surface area contributed by atoms with E-state index in [0.29, 0.717) is 17.0 Å². The SMILES string of the molecule is COc1cc(F)ccc1/C=C/c1ccc(S(=O)(=O)c2ccccc2F)cn1. The molecule has 0 aliphatic carbocycles. The van der Waals surface area contributed by atoms with Crippen LogP contribution < -0.4 is 4.74 Å². The van der Waals surface area contributed by atoms with Crippen LogP contribution in [0.5, 0.6) is 5.75 Å². The van der Waals surface area contributed by atoms with Crippen molar-refractivity contribution < 1.29 is 21.9 Å². The Kier molecular flexibility index (Phi) is 5.32. The lowest BCUT2D eigenvalue weighted by Crippen LogP contribution is -2.05. The number of benzene rings is 2. The largest absolute Gasteiger partial charge is 0.496 e. The molecule has 7 heteroatoms. The van der Waals surface area contributed by atoms with E-state index in [9.17, 15) is 17.2 Å². The highest BCUT2D eigenvalue weighted by Gasteiger charge is 2.21. The quantitative estimate of drug-likeness (QED) is 0.652. The highest BCUT2D eigenvalue weighted by atomic mass is 32.2. The Morgan fingerprint density at radius 1 is 1.00 bits per heavy atom. The van der Waals surface area contributed by atoms with Crippen molar-refractivity contribution in [2.75, 3.05) is 7.11 Å². The molecular formula is C20H15F2NO3S. The van der Waals surface area contributed by atoms with Gasteiger partial charge in [0.1, 0.15) is 22.3 Å². The van der Waals surface area contributed by atoms with Gasteiger partial charge in [-0.25, -0.2) is 17.2 Å². The highest BCUT2D eigenvalue weighted by molar-refractivity contribution is 7.91. The normalized spacial score (nSPS) is 11.7. The number of hydrogen-bond acceptors (Lipinski definition) is 4. The predicted molar refractivity (Wildman–Crippen MR) is 98.0 cm³/mol. The Morgan fingerprint density at radius 3 is 2.44 bits per heavy atom. The van der Waals surface area contributed by atoms with Gasteiger partial charge >= 0.3 is 0 Å². The maximum atomic E-state index is 13.8. The van der Waals surface area contributed by atoms with E-state index in [-0.39, 0.29) is 4.90 Å². The molecule has 0 spiro atoms. The van der Waals surface area contributed by atoms with Gasteiger partial charge in [0.05, 0.1) is 17.7 Å². The third kappa shape index (κ3) is 4.03. The Labute approximate surface area is 155 Å². The van der Waals surface area contributed by atoms with Crippen LogP contribution in [0.25, 0.3) is 12.2 Å². The summed E-state index contributed by atoms with van der Waals surface area (Å²) in [4.78, 5) is 3.58. The van der Waals surface area contributed by atoms with E-state index >= 15 is 0 Å². The van der Waals surface area contributed by atoms with Gasteiger partial charge in [-0.3, -0.25) is 4.98 Å². The molecule has 138 valence electrons. The molecule has 0 saturated carbocycles. The lowest BCUT2D eigenvalue weighted by Gasteiger charge is -2.06. The molecule has 2 aromatic carbocycles. The van der Waals surface area contributed by atoms with Crippen LogP contribution in [0.3, 0.4) is 0 Å². The fourth-order valence-corrected chi connectivity index (χ4v) is 3.71. The molecule has 1 heterocycles. The Morgan fingerprint density at radius 2 is 1.78 bits per heavy atom. The van der Waals surface area contributed by atoms with E-state index in [0.717, 1.165) is 6.07 Å². The van der Waals surface area contributed by atoms with Gasteiger partial charge in [-0.05, 0) is 48.6 Å². The van der Waals surface area contributed by atoms with Gasteiger partial charge in [-0.1, -0.05) is 12.1 Å². The number of sulfone groups is 1. The summed E-state index contributed by atoms with van der Waals surface area (Å²) in [7, 11) is -2.55. The zero-order valence-corrected chi connectivity index (χ0v) is 15.1.